The van der Waals surface area contributed by atoms with Gasteiger partial charge >= 0.3 is 0 Å². The van der Waals surface area contributed by atoms with Gasteiger partial charge in [-0.2, -0.15) is 0 Å². The first-order chi connectivity index (χ1) is 17.6. The maximum atomic E-state index is 13.2. The van der Waals surface area contributed by atoms with Gasteiger partial charge in [0.2, 0.25) is 0 Å². The Morgan fingerprint density at radius 3 is 1.00 bits per heavy atom. The van der Waals surface area contributed by atoms with Crippen LogP contribution < -0.4 is 0 Å². The van der Waals surface area contributed by atoms with Crippen LogP contribution in [0.1, 0.15) is 5.56 Å². The van der Waals surface area contributed by atoms with Gasteiger partial charge in [0, 0.05) is 0 Å². The second-order valence-corrected chi connectivity index (χ2v) is 9.30. The second kappa shape index (κ2) is 9.28. The first-order valence-electron chi connectivity index (χ1n) is 12.2. The van der Waals surface area contributed by atoms with Crippen LogP contribution in [0, 0.1) is 12.7 Å². The fraction of sp³-hybridized carbons (Fsp3) is 0.0286. The molecule has 0 bridgehead atoms. The molecule has 0 aliphatic heterocycles. The van der Waals surface area contributed by atoms with Crippen LogP contribution in [0.4, 0.5) is 4.39 Å². The highest BCUT2D eigenvalue weighted by Gasteiger charge is 2.05. The molecule has 0 unspecified atom stereocenters. The highest BCUT2D eigenvalue weighted by molar-refractivity contribution is 5.91. The summed E-state index contributed by atoms with van der Waals surface area (Å²) in [5, 5.41) is 2.44. The molecule has 0 fully saturated rings. The number of hydrogen-bond donors (Lipinski definition) is 0. The summed E-state index contributed by atoms with van der Waals surface area (Å²) in [6.45, 7) is 2.11. The van der Waals surface area contributed by atoms with E-state index in [1.165, 1.54) is 61.8 Å². The van der Waals surface area contributed by atoms with Crippen molar-refractivity contribution >= 4 is 10.8 Å². The number of benzene rings is 6. The van der Waals surface area contributed by atoms with Gasteiger partial charge in [0.1, 0.15) is 5.82 Å². The van der Waals surface area contributed by atoms with Gasteiger partial charge in [-0.15, -0.1) is 0 Å². The Labute approximate surface area is 211 Å². The standard InChI is InChI=1S/C35H25F/c1-24-2-4-25(5-3-24)26-6-10-29(11-7-26)31-14-16-34-23-32(15-17-33(34)22-31)30-12-8-27(9-13-30)28-18-20-35(36)21-19-28/h2-23H,1H3. The zero-order chi connectivity index (χ0) is 24.5. The van der Waals surface area contributed by atoms with Crippen molar-refractivity contribution in [3.63, 3.8) is 0 Å². The van der Waals surface area contributed by atoms with Gasteiger partial charge in [-0.3, -0.25) is 0 Å². The van der Waals surface area contributed by atoms with Crippen LogP contribution in [0.5, 0.6) is 0 Å². The molecule has 0 heterocycles. The molecular weight excluding hydrogens is 439 g/mol. The van der Waals surface area contributed by atoms with E-state index >= 15 is 0 Å². The number of fused-ring (bicyclic) bond motifs is 1. The molecule has 0 N–H and O–H groups in total. The lowest BCUT2D eigenvalue weighted by Gasteiger charge is -2.09. The predicted octanol–water partition coefficient (Wildman–Crippen LogP) is 9.96. The van der Waals surface area contributed by atoms with Gasteiger partial charge in [-0.05, 0) is 86.5 Å². The number of aryl methyl sites for hydroxylation is 1. The molecule has 0 nitrogen and oxygen atoms in total. The molecule has 0 saturated carbocycles. The third kappa shape index (κ3) is 4.44. The quantitative estimate of drug-likeness (QED) is 0.243. The number of hydrogen-bond acceptors (Lipinski definition) is 0. The smallest absolute Gasteiger partial charge is 0.123 e. The molecule has 0 spiro atoms. The fourth-order valence-corrected chi connectivity index (χ4v) is 4.70. The van der Waals surface area contributed by atoms with Gasteiger partial charge in [0.15, 0.2) is 0 Å². The highest BCUT2D eigenvalue weighted by Crippen LogP contribution is 2.31. The molecule has 0 amide bonds. The molecule has 0 saturated heterocycles. The molecule has 172 valence electrons. The summed E-state index contributed by atoms with van der Waals surface area (Å²) in [4.78, 5) is 0. The van der Waals surface area contributed by atoms with Crippen molar-refractivity contribution in [1.29, 1.82) is 0 Å². The first kappa shape index (κ1) is 22.0. The van der Waals surface area contributed by atoms with Crippen molar-refractivity contribution in [2.24, 2.45) is 0 Å². The summed E-state index contributed by atoms with van der Waals surface area (Å²) < 4.78 is 13.2. The van der Waals surface area contributed by atoms with E-state index in [1.54, 1.807) is 0 Å². The minimum Gasteiger partial charge on any atom is -0.207 e. The Balaban J connectivity index is 1.25. The molecule has 36 heavy (non-hydrogen) atoms. The molecule has 0 aromatic heterocycles. The van der Waals surface area contributed by atoms with Crippen LogP contribution in [0.25, 0.3) is 55.3 Å². The lowest BCUT2D eigenvalue weighted by molar-refractivity contribution is 0.628. The van der Waals surface area contributed by atoms with E-state index in [9.17, 15) is 4.39 Å². The Kier molecular flexibility index (Phi) is 5.67. The molecular formula is C35H25F. The van der Waals surface area contributed by atoms with E-state index in [-0.39, 0.29) is 5.82 Å². The van der Waals surface area contributed by atoms with Crippen molar-refractivity contribution < 1.29 is 4.39 Å². The summed E-state index contributed by atoms with van der Waals surface area (Å²) in [5.41, 5.74) is 10.6. The summed E-state index contributed by atoms with van der Waals surface area (Å²) in [6.07, 6.45) is 0. The summed E-state index contributed by atoms with van der Waals surface area (Å²) in [7, 11) is 0. The second-order valence-electron chi connectivity index (χ2n) is 9.30. The van der Waals surface area contributed by atoms with E-state index in [0.29, 0.717) is 0 Å². The summed E-state index contributed by atoms with van der Waals surface area (Å²) in [5.74, 6) is -0.214. The Morgan fingerprint density at radius 2 is 0.611 bits per heavy atom. The molecule has 1 heteroatoms. The SMILES string of the molecule is Cc1ccc(-c2ccc(-c3ccc4cc(-c5ccc(-c6ccc(F)cc6)cc5)ccc4c3)cc2)cc1. The van der Waals surface area contributed by atoms with Gasteiger partial charge in [-0.25, -0.2) is 4.39 Å². The van der Waals surface area contributed by atoms with Crippen LogP contribution >= 0.6 is 0 Å². The summed E-state index contributed by atoms with van der Waals surface area (Å²) in [6, 6.07) is 45.8. The van der Waals surface area contributed by atoms with Crippen LogP contribution in [0.15, 0.2) is 133 Å². The van der Waals surface area contributed by atoms with Gasteiger partial charge in [0.25, 0.3) is 0 Å². The van der Waals surface area contributed by atoms with Crippen LogP contribution in [-0.2, 0) is 0 Å². The summed E-state index contributed by atoms with van der Waals surface area (Å²) >= 11 is 0. The Morgan fingerprint density at radius 1 is 0.333 bits per heavy atom. The molecule has 6 aromatic rings. The zero-order valence-electron chi connectivity index (χ0n) is 20.1. The highest BCUT2D eigenvalue weighted by atomic mass is 19.1. The number of rotatable bonds is 4. The van der Waals surface area contributed by atoms with E-state index in [1.807, 2.05) is 12.1 Å². The van der Waals surface area contributed by atoms with Crippen molar-refractivity contribution in [3.05, 3.63) is 145 Å². The lowest BCUT2D eigenvalue weighted by Crippen LogP contribution is -1.84. The Bertz CT molecular complexity index is 1510. The van der Waals surface area contributed by atoms with Crippen LogP contribution in [0.2, 0.25) is 0 Å². The molecule has 0 atom stereocenters. The third-order valence-electron chi connectivity index (χ3n) is 6.84. The lowest BCUT2D eigenvalue weighted by atomic mass is 9.95. The minimum absolute atomic E-state index is 0.214. The van der Waals surface area contributed by atoms with E-state index in [2.05, 4.69) is 116 Å². The maximum Gasteiger partial charge on any atom is 0.123 e. The maximum absolute atomic E-state index is 13.2. The molecule has 6 aromatic carbocycles. The van der Waals surface area contributed by atoms with Crippen molar-refractivity contribution in [3.8, 4) is 44.5 Å². The van der Waals surface area contributed by atoms with Gasteiger partial charge < -0.3 is 0 Å². The topological polar surface area (TPSA) is 0 Å². The van der Waals surface area contributed by atoms with Crippen LogP contribution in [0.3, 0.4) is 0 Å². The van der Waals surface area contributed by atoms with E-state index in [0.717, 1.165) is 11.1 Å². The van der Waals surface area contributed by atoms with Gasteiger partial charge in [0.05, 0.1) is 0 Å². The van der Waals surface area contributed by atoms with E-state index in [4.69, 9.17) is 0 Å². The largest absolute Gasteiger partial charge is 0.207 e. The average molecular weight is 465 g/mol. The average Bonchev–Trinajstić information content (AvgIpc) is 2.94. The first-order valence-corrected chi connectivity index (χ1v) is 12.2. The van der Waals surface area contributed by atoms with E-state index < -0.39 is 0 Å². The molecule has 6 rings (SSSR count). The molecule has 0 aliphatic carbocycles. The zero-order valence-corrected chi connectivity index (χ0v) is 20.1. The van der Waals surface area contributed by atoms with Crippen molar-refractivity contribution in [2.45, 2.75) is 6.92 Å². The van der Waals surface area contributed by atoms with Crippen LogP contribution in [-0.4, -0.2) is 0 Å². The monoisotopic (exact) mass is 464 g/mol. The molecule has 0 radical (unpaired) electrons. The Hall–Kier alpha value is -4.49. The fourth-order valence-electron chi connectivity index (χ4n) is 4.70. The van der Waals surface area contributed by atoms with Gasteiger partial charge in [-0.1, -0.05) is 115 Å². The molecule has 0 aliphatic rings. The number of halogens is 1. The third-order valence-corrected chi connectivity index (χ3v) is 6.84. The predicted molar refractivity (Wildman–Crippen MR) is 150 cm³/mol. The van der Waals surface area contributed by atoms with Crippen molar-refractivity contribution in [2.75, 3.05) is 0 Å². The minimum atomic E-state index is -0.214. The van der Waals surface area contributed by atoms with Crippen molar-refractivity contribution in [1.82, 2.24) is 0 Å². The normalized spacial score (nSPS) is 11.1.